The summed E-state index contributed by atoms with van der Waals surface area (Å²) >= 11 is 0.984. The van der Waals surface area contributed by atoms with E-state index < -0.39 is 4.92 Å². The molecule has 6 heteroatoms. The first kappa shape index (κ1) is 8.66. The number of thiophene rings is 1. The van der Waals surface area contributed by atoms with Crippen molar-refractivity contribution in [1.82, 2.24) is 0 Å². The zero-order chi connectivity index (χ0) is 9.14. The Balaban J connectivity index is 2.99. The molecule has 0 aliphatic rings. The topological polar surface area (TPSA) is 75.7 Å². The van der Waals surface area contributed by atoms with Crippen molar-refractivity contribution in [3.63, 3.8) is 0 Å². The molecule has 0 unspecified atom stereocenters. The summed E-state index contributed by atoms with van der Waals surface area (Å²) in [5, 5.41) is 21.6. The third-order valence-corrected chi connectivity index (χ3v) is 2.42. The van der Waals surface area contributed by atoms with Crippen LogP contribution in [0.4, 0.5) is 5.00 Å². The van der Waals surface area contributed by atoms with Crippen LogP contribution in [0.1, 0.15) is 11.8 Å². The SMILES string of the molecule is C/C(=N\O)c1ccc([N+](=O)[O-])s1. The minimum absolute atomic E-state index is 0.0491. The van der Waals surface area contributed by atoms with E-state index in [1.807, 2.05) is 0 Å². The Labute approximate surface area is 72.1 Å². The van der Waals surface area contributed by atoms with Gasteiger partial charge < -0.3 is 5.21 Å². The predicted molar refractivity (Wildman–Crippen MR) is 45.0 cm³/mol. The van der Waals surface area contributed by atoms with Gasteiger partial charge in [-0.2, -0.15) is 0 Å². The second-order valence-corrected chi connectivity index (χ2v) is 3.14. The molecular formula is C6H6N2O3S. The van der Waals surface area contributed by atoms with Gasteiger partial charge >= 0.3 is 5.00 Å². The van der Waals surface area contributed by atoms with E-state index in [-0.39, 0.29) is 5.00 Å². The van der Waals surface area contributed by atoms with Crippen molar-refractivity contribution in [3.8, 4) is 0 Å². The lowest BCUT2D eigenvalue weighted by Gasteiger charge is -1.87. The lowest BCUT2D eigenvalue weighted by atomic mass is 10.3. The van der Waals surface area contributed by atoms with Gasteiger partial charge in [0, 0.05) is 6.07 Å². The maximum absolute atomic E-state index is 10.2. The second kappa shape index (κ2) is 3.31. The van der Waals surface area contributed by atoms with Gasteiger partial charge in [0.15, 0.2) is 0 Å². The van der Waals surface area contributed by atoms with Gasteiger partial charge in [-0.3, -0.25) is 10.1 Å². The van der Waals surface area contributed by atoms with Crippen LogP contribution in [0.2, 0.25) is 0 Å². The van der Waals surface area contributed by atoms with Crippen LogP contribution in [-0.4, -0.2) is 15.8 Å². The summed E-state index contributed by atoms with van der Waals surface area (Å²) < 4.78 is 0. The normalized spacial score (nSPS) is 11.6. The van der Waals surface area contributed by atoms with Gasteiger partial charge in [0.2, 0.25) is 0 Å². The molecule has 0 saturated carbocycles. The Morgan fingerprint density at radius 3 is 2.83 bits per heavy atom. The van der Waals surface area contributed by atoms with Crippen LogP contribution in [-0.2, 0) is 0 Å². The third kappa shape index (κ3) is 1.59. The quantitative estimate of drug-likeness (QED) is 0.331. The molecule has 0 amide bonds. The molecular weight excluding hydrogens is 180 g/mol. The highest BCUT2D eigenvalue weighted by atomic mass is 32.1. The van der Waals surface area contributed by atoms with E-state index in [0.717, 1.165) is 11.3 Å². The highest BCUT2D eigenvalue weighted by molar-refractivity contribution is 7.17. The molecule has 12 heavy (non-hydrogen) atoms. The van der Waals surface area contributed by atoms with Gasteiger partial charge in [0.05, 0.1) is 15.5 Å². The number of hydrogen-bond donors (Lipinski definition) is 1. The molecule has 5 nitrogen and oxygen atoms in total. The fourth-order valence-corrected chi connectivity index (χ4v) is 1.43. The molecule has 0 aromatic carbocycles. The highest BCUT2D eigenvalue weighted by Gasteiger charge is 2.10. The van der Waals surface area contributed by atoms with Crippen molar-refractivity contribution in [1.29, 1.82) is 0 Å². The molecule has 1 aromatic heterocycles. The van der Waals surface area contributed by atoms with E-state index in [2.05, 4.69) is 5.16 Å². The Kier molecular flexibility index (Phi) is 2.39. The Morgan fingerprint density at radius 2 is 2.42 bits per heavy atom. The zero-order valence-corrected chi connectivity index (χ0v) is 7.04. The summed E-state index contributed by atoms with van der Waals surface area (Å²) in [6.45, 7) is 1.58. The third-order valence-electron chi connectivity index (χ3n) is 1.28. The molecule has 0 radical (unpaired) electrons. The van der Waals surface area contributed by atoms with E-state index >= 15 is 0 Å². The molecule has 0 aliphatic heterocycles. The lowest BCUT2D eigenvalue weighted by molar-refractivity contribution is -0.380. The van der Waals surface area contributed by atoms with Crippen molar-refractivity contribution in [2.45, 2.75) is 6.92 Å². The maximum Gasteiger partial charge on any atom is 0.324 e. The smallest absolute Gasteiger partial charge is 0.324 e. The molecule has 0 bridgehead atoms. The largest absolute Gasteiger partial charge is 0.411 e. The van der Waals surface area contributed by atoms with E-state index in [1.165, 1.54) is 6.07 Å². The van der Waals surface area contributed by atoms with Crippen LogP contribution in [0.5, 0.6) is 0 Å². The average Bonchev–Trinajstić information content (AvgIpc) is 2.51. The standard InChI is InChI=1S/C6H6N2O3S/c1-4(7-9)5-2-3-6(12-5)8(10)11/h2-3,9H,1H3/b7-4+. The van der Waals surface area contributed by atoms with Crippen molar-refractivity contribution in [2.24, 2.45) is 5.16 Å². The summed E-state index contributed by atoms with van der Waals surface area (Å²) in [7, 11) is 0. The molecule has 1 heterocycles. The fraction of sp³-hybridized carbons (Fsp3) is 0.167. The molecule has 0 fully saturated rings. The molecule has 64 valence electrons. The summed E-state index contributed by atoms with van der Waals surface area (Å²) in [5.74, 6) is 0. The Morgan fingerprint density at radius 1 is 1.75 bits per heavy atom. The molecule has 1 rings (SSSR count). The van der Waals surface area contributed by atoms with Crippen LogP contribution in [0, 0.1) is 10.1 Å². The van der Waals surface area contributed by atoms with Gasteiger partial charge in [-0.1, -0.05) is 16.5 Å². The zero-order valence-electron chi connectivity index (χ0n) is 6.22. The highest BCUT2D eigenvalue weighted by Crippen LogP contribution is 2.24. The Hall–Kier alpha value is -1.43. The van der Waals surface area contributed by atoms with Gasteiger partial charge in [0.25, 0.3) is 0 Å². The van der Waals surface area contributed by atoms with Crippen LogP contribution in [0.25, 0.3) is 0 Å². The first-order valence-electron chi connectivity index (χ1n) is 3.08. The van der Waals surface area contributed by atoms with Crippen molar-refractivity contribution in [2.75, 3.05) is 0 Å². The minimum Gasteiger partial charge on any atom is -0.411 e. The summed E-state index contributed by atoms with van der Waals surface area (Å²) in [5.41, 5.74) is 0.383. The molecule has 0 spiro atoms. The van der Waals surface area contributed by atoms with Gasteiger partial charge in [-0.05, 0) is 13.0 Å². The number of rotatable bonds is 2. The number of nitrogens with zero attached hydrogens (tertiary/aromatic N) is 2. The lowest BCUT2D eigenvalue weighted by Crippen LogP contribution is -1.88. The van der Waals surface area contributed by atoms with Crippen LogP contribution < -0.4 is 0 Å². The molecule has 0 atom stereocenters. The molecule has 0 aliphatic carbocycles. The predicted octanol–water partition coefficient (Wildman–Crippen LogP) is 1.85. The average molecular weight is 186 g/mol. The van der Waals surface area contributed by atoms with Crippen molar-refractivity contribution < 1.29 is 10.1 Å². The monoisotopic (exact) mass is 186 g/mol. The van der Waals surface area contributed by atoms with E-state index in [0.29, 0.717) is 10.6 Å². The second-order valence-electron chi connectivity index (χ2n) is 2.08. The van der Waals surface area contributed by atoms with E-state index in [9.17, 15) is 10.1 Å². The summed E-state index contributed by atoms with van der Waals surface area (Å²) in [4.78, 5) is 10.4. The molecule has 1 N–H and O–H groups in total. The maximum atomic E-state index is 10.2. The van der Waals surface area contributed by atoms with Gasteiger partial charge in [-0.15, -0.1) is 0 Å². The Bertz CT molecular complexity index is 331. The summed E-state index contributed by atoms with van der Waals surface area (Å²) in [6.07, 6.45) is 0. The van der Waals surface area contributed by atoms with E-state index in [4.69, 9.17) is 5.21 Å². The number of nitro groups is 1. The minimum atomic E-state index is -0.473. The first-order valence-corrected chi connectivity index (χ1v) is 3.90. The van der Waals surface area contributed by atoms with Crippen molar-refractivity contribution >= 4 is 22.0 Å². The number of oxime groups is 1. The molecule has 0 saturated heterocycles. The van der Waals surface area contributed by atoms with Gasteiger partial charge in [-0.25, -0.2) is 0 Å². The molecule has 1 aromatic rings. The van der Waals surface area contributed by atoms with Crippen LogP contribution in [0.15, 0.2) is 17.3 Å². The van der Waals surface area contributed by atoms with Crippen molar-refractivity contribution in [3.05, 3.63) is 27.1 Å². The summed E-state index contributed by atoms with van der Waals surface area (Å²) in [6, 6.07) is 2.94. The van der Waals surface area contributed by atoms with Gasteiger partial charge in [0.1, 0.15) is 0 Å². The number of hydrogen-bond acceptors (Lipinski definition) is 5. The fourth-order valence-electron chi connectivity index (χ4n) is 0.670. The first-order chi connectivity index (χ1) is 5.65. The van der Waals surface area contributed by atoms with Crippen LogP contribution >= 0.6 is 11.3 Å². The van der Waals surface area contributed by atoms with E-state index in [1.54, 1.807) is 13.0 Å². The van der Waals surface area contributed by atoms with Crippen LogP contribution in [0.3, 0.4) is 0 Å².